The van der Waals surface area contributed by atoms with E-state index in [0.717, 1.165) is 17.5 Å². The molecular weight excluding hydrogens is 346 g/mol. The zero-order valence-electron chi connectivity index (χ0n) is 13.9. The van der Waals surface area contributed by atoms with Crippen LogP contribution in [0.4, 0.5) is 5.13 Å². The van der Waals surface area contributed by atoms with Crippen molar-refractivity contribution >= 4 is 32.4 Å². The maximum atomic E-state index is 11.8. The van der Waals surface area contributed by atoms with Gasteiger partial charge in [0.05, 0.1) is 11.9 Å². The molecule has 0 atom stereocenters. The van der Waals surface area contributed by atoms with Crippen LogP contribution in [-0.4, -0.2) is 32.1 Å². The van der Waals surface area contributed by atoms with E-state index in [1.807, 2.05) is 17.5 Å². The predicted molar refractivity (Wildman–Crippen MR) is 97.7 cm³/mol. The predicted octanol–water partition coefficient (Wildman–Crippen LogP) is 2.81. The highest BCUT2D eigenvalue weighted by atomic mass is 32.2. The number of nitrogens with zero attached hydrogens (tertiary/aromatic N) is 1. The number of aromatic nitrogens is 1. The summed E-state index contributed by atoms with van der Waals surface area (Å²) in [5, 5.41) is 5.07. The fourth-order valence-corrected chi connectivity index (χ4v) is 3.24. The number of rotatable bonds is 7. The number of thiazole rings is 1. The molecule has 0 spiro atoms. The number of carbonyl (C=O) groups excluding carboxylic acids is 1. The van der Waals surface area contributed by atoms with Gasteiger partial charge in [-0.2, -0.15) is 0 Å². The zero-order chi connectivity index (χ0) is 17.7. The molecule has 2 rings (SSSR count). The molecule has 0 saturated heterocycles. The van der Waals surface area contributed by atoms with Crippen molar-refractivity contribution < 1.29 is 13.2 Å². The number of amides is 1. The van der Waals surface area contributed by atoms with Gasteiger partial charge in [-0.05, 0) is 11.5 Å². The third-order valence-corrected chi connectivity index (χ3v) is 4.83. The van der Waals surface area contributed by atoms with Gasteiger partial charge in [-0.1, -0.05) is 38.1 Å². The molecule has 1 heterocycles. The first-order chi connectivity index (χ1) is 11.2. The highest BCUT2D eigenvalue weighted by Crippen LogP contribution is 2.26. The van der Waals surface area contributed by atoms with Gasteiger partial charge in [-0.25, -0.2) is 18.1 Å². The molecule has 24 heavy (non-hydrogen) atoms. The molecule has 1 aromatic carbocycles. The van der Waals surface area contributed by atoms with E-state index in [4.69, 9.17) is 0 Å². The van der Waals surface area contributed by atoms with E-state index in [-0.39, 0.29) is 18.9 Å². The van der Waals surface area contributed by atoms with Crippen LogP contribution in [0.25, 0.3) is 11.3 Å². The van der Waals surface area contributed by atoms with Crippen molar-refractivity contribution in [3.8, 4) is 11.3 Å². The molecule has 0 fully saturated rings. The quantitative estimate of drug-likeness (QED) is 0.788. The van der Waals surface area contributed by atoms with Crippen LogP contribution in [0.1, 0.15) is 31.7 Å². The molecular formula is C16H21N3O3S2. The SMILES string of the molecule is CC(C)c1ccc(-c2csc(NC(=O)CCNS(C)(=O)=O)n2)cc1. The molecule has 130 valence electrons. The first-order valence-electron chi connectivity index (χ1n) is 7.55. The first kappa shape index (κ1) is 18.6. The van der Waals surface area contributed by atoms with Crippen molar-refractivity contribution in [3.05, 3.63) is 35.2 Å². The zero-order valence-corrected chi connectivity index (χ0v) is 15.5. The van der Waals surface area contributed by atoms with Gasteiger partial charge < -0.3 is 5.32 Å². The van der Waals surface area contributed by atoms with Gasteiger partial charge in [0.2, 0.25) is 15.9 Å². The number of anilines is 1. The highest BCUT2D eigenvalue weighted by molar-refractivity contribution is 7.88. The van der Waals surface area contributed by atoms with E-state index < -0.39 is 10.0 Å². The van der Waals surface area contributed by atoms with Crippen LogP contribution in [0.15, 0.2) is 29.6 Å². The first-order valence-corrected chi connectivity index (χ1v) is 10.3. The van der Waals surface area contributed by atoms with Crippen LogP contribution in [0.2, 0.25) is 0 Å². The van der Waals surface area contributed by atoms with Crippen LogP contribution >= 0.6 is 11.3 Å². The molecule has 0 bridgehead atoms. The van der Waals surface area contributed by atoms with Crippen molar-refractivity contribution in [2.75, 3.05) is 18.1 Å². The lowest BCUT2D eigenvalue weighted by atomic mass is 10.0. The van der Waals surface area contributed by atoms with Gasteiger partial charge in [-0.15, -0.1) is 11.3 Å². The monoisotopic (exact) mass is 367 g/mol. The van der Waals surface area contributed by atoms with Crippen LogP contribution in [-0.2, 0) is 14.8 Å². The summed E-state index contributed by atoms with van der Waals surface area (Å²) in [6.45, 7) is 4.35. The molecule has 0 saturated carbocycles. The van der Waals surface area contributed by atoms with E-state index in [9.17, 15) is 13.2 Å². The number of hydrogen-bond donors (Lipinski definition) is 2. The molecule has 6 nitrogen and oxygen atoms in total. The molecule has 0 aliphatic rings. The smallest absolute Gasteiger partial charge is 0.227 e. The number of benzene rings is 1. The van der Waals surface area contributed by atoms with Gasteiger partial charge in [0.15, 0.2) is 5.13 Å². The average molecular weight is 367 g/mol. The molecule has 1 aromatic heterocycles. The standard InChI is InChI=1S/C16H21N3O3S2/c1-11(2)12-4-6-13(7-5-12)14-10-23-16(18-14)19-15(20)8-9-17-24(3,21)22/h4-7,10-11,17H,8-9H2,1-3H3,(H,18,19,20). The second-order valence-electron chi connectivity index (χ2n) is 5.78. The van der Waals surface area contributed by atoms with Gasteiger partial charge in [0.1, 0.15) is 0 Å². The van der Waals surface area contributed by atoms with Crippen molar-refractivity contribution in [3.63, 3.8) is 0 Å². The maximum absolute atomic E-state index is 11.8. The number of nitrogens with one attached hydrogen (secondary N) is 2. The molecule has 0 radical (unpaired) electrons. The summed E-state index contributed by atoms with van der Waals surface area (Å²) in [6, 6.07) is 8.20. The summed E-state index contributed by atoms with van der Waals surface area (Å²) >= 11 is 1.34. The Hall–Kier alpha value is -1.77. The summed E-state index contributed by atoms with van der Waals surface area (Å²) in [5.74, 6) is 0.201. The summed E-state index contributed by atoms with van der Waals surface area (Å²) in [4.78, 5) is 16.2. The van der Waals surface area contributed by atoms with Crippen LogP contribution in [0, 0.1) is 0 Å². The Morgan fingerprint density at radius 3 is 2.50 bits per heavy atom. The minimum Gasteiger partial charge on any atom is -0.302 e. The van der Waals surface area contributed by atoms with Crippen molar-refractivity contribution in [1.29, 1.82) is 0 Å². The fraction of sp³-hybridized carbons (Fsp3) is 0.375. The van der Waals surface area contributed by atoms with Crippen LogP contribution in [0.3, 0.4) is 0 Å². The topological polar surface area (TPSA) is 88.2 Å². The number of carbonyl (C=O) groups is 1. The van der Waals surface area contributed by atoms with Gasteiger partial charge >= 0.3 is 0 Å². The van der Waals surface area contributed by atoms with Crippen molar-refractivity contribution in [1.82, 2.24) is 9.71 Å². The Labute approximate surface area is 146 Å². The number of sulfonamides is 1. The van der Waals surface area contributed by atoms with Crippen molar-refractivity contribution in [2.45, 2.75) is 26.2 Å². The van der Waals surface area contributed by atoms with E-state index in [0.29, 0.717) is 11.0 Å². The van der Waals surface area contributed by atoms with E-state index in [1.54, 1.807) is 0 Å². The molecule has 1 amide bonds. The Morgan fingerprint density at radius 2 is 1.92 bits per heavy atom. The summed E-state index contributed by atoms with van der Waals surface area (Å²) < 4.78 is 24.2. The fourth-order valence-electron chi connectivity index (χ4n) is 2.03. The lowest BCUT2D eigenvalue weighted by Gasteiger charge is -2.05. The third-order valence-electron chi connectivity index (χ3n) is 3.34. The van der Waals surface area contributed by atoms with E-state index in [1.165, 1.54) is 16.9 Å². The molecule has 8 heteroatoms. The third kappa shape index (κ3) is 5.70. The Balaban J connectivity index is 1.94. The Morgan fingerprint density at radius 1 is 1.25 bits per heavy atom. The average Bonchev–Trinajstić information content (AvgIpc) is 2.94. The molecule has 2 aromatic rings. The van der Waals surface area contributed by atoms with E-state index in [2.05, 4.69) is 41.0 Å². The second kappa shape index (κ2) is 7.87. The minimum atomic E-state index is -3.28. The molecule has 0 aliphatic carbocycles. The van der Waals surface area contributed by atoms with Crippen LogP contribution in [0.5, 0.6) is 0 Å². The lowest BCUT2D eigenvalue weighted by molar-refractivity contribution is -0.116. The second-order valence-corrected chi connectivity index (χ2v) is 8.47. The number of hydrogen-bond acceptors (Lipinski definition) is 5. The van der Waals surface area contributed by atoms with Crippen LogP contribution < -0.4 is 10.0 Å². The largest absolute Gasteiger partial charge is 0.302 e. The van der Waals surface area contributed by atoms with Gasteiger partial charge in [0, 0.05) is 23.9 Å². The Bertz CT molecular complexity index is 796. The molecule has 0 aliphatic heterocycles. The lowest BCUT2D eigenvalue weighted by Crippen LogP contribution is -2.26. The normalized spacial score (nSPS) is 11.7. The highest BCUT2D eigenvalue weighted by Gasteiger charge is 2.09. The summed E-state index contributed by atoms with van der Waals surface area (Å²) in [6.07, 6.45) is 1.12. The molecule has 2 N–H and O–H groups in total. The maximum Gasteiger partial charge on any atom is 0.227 e. The van der Waals surface area contributed by atoms with E-state index >= 15 is 0 Å². The Kier molecular flexibility index (Phi) is 6.09. The van der Waals surface area contributed by atoms with Gasteiger partial charge in [0.25, 0.3) is 0 Å². The molecule has 0 unspecified atom stereocenters. The van der Waals surface area contributed by atoms with Gasteiger partial charge in [-0.3, -0.25) is 4.79 Å². The summed E-state index contributed by atoms with van der Waals surface area (Å²) in [5.41, 5.74) is 3.07. The summed E-state index contributed by atoms with van der Waals surface area (Å²) in [7, 11) is -3.28. The minimum absolute atomic E-state index is 0.0606. The van der Waals surface area contributed by atoms with Crippen molar-refractivity contribution in [2.24, 2.45) is 0 Å².